The van der Waals surface area contributed by atoms with Gasteiger partial charge in [-0.1, -0.05) is 45.7 Å². The molecule has 6 heteroatoms. The number of nitrogens with zero attached hydrogens (tertiary/aromatic N) is 1. The van der Waals surface area contributed by atoms with Crippen molar-refractivity contribution in [3.63, 3.8) is 0 Å². The largest absolute Gasteiger partial charge is 0.298 e. The van der Waals surface area contributed by atoms with Crippen LogP contribution in [0.25, 0.3) is 6.08 Å². The maximum atomic E-state index is 12.5. The fraction of sp³-hybridized carbons (Fsp3) is 0. The van der Waals surface area contributed by atoms with E-state index in [1.807, 2.05) is 12.1 Å². The van der Waals surface area contributed by atoms with E-state index in [0.29, 0.717) is 21.2 Å². The van der Waals surface area contributed by atoms with Crippen LogP contribution in [-0.2, 0) is 4.79 Å². The minimum absolute atomic E-state index is 0.314. The van der Waals surface area contributed by atoms with Gasteiger partial charge < -0.3 is 0 Å². The van der Waals surface area contributed by atoms with Gasteiger partial charge in [0.15, 0.2) is 0 Å². The van der Waals surface area contributed by atoms with Gasteiger partial charge in [-0.05, 0) is 53.7 Å². The Morgan fingerprint density at radius 1 is 1.05 bits per heavy atom. The maximum Gasteiger partial charge on any atom is 0.298 e. The number of benzene rings is 2. The van der Waals surface area contributed by atoms with Crippen LogP contribution < -0.4 is 4.90 Å². The van der Waals surface area contributed by atoms with E-state index in [4.69, 9.17) is 11.6 Å². The van der Waals surface area contributed by atoms with Crippen LogP contribution in [0.2, 0.25) is 5.02 Å². The minimum Gasteiger partial charge on any atom is -0.268 e. The lowest BCUT2D eigenvalue weighted by molar-refractivity contribution is -0.113. The third kappa shape index (κ3) is 2.97. The first-order chi connectivity index (χ1) is 10.6. The van der Waals surface area contributed by atoms with E-state index in [1.54, 1.807) is 42.5 Å². The predicted octanol–water partition coefficient (Wildman–Crippen LogP) is 5.34. The van der Waals surface area contributed by atoms with Crippen LogP contribution in [0.3, 0.4) is 0 Å². The Bertz CT molecular complexity index is 789. The number of hydrogen-bond donors (Lipinski definition) is 0. The summed E-state index contributed by atoms with van der Waals surface area (Å²) in [6.45, 7) is 0. The molecule has 0 radical (unpaired) electrons. The second-order valence-corrected chi connectivity index (χ2v) is 6.83. The van der Waals surface area contributed by atoms with E-state index >= 15 is 0 Å². The molecule has 2 amide bonds. The van der Waals surface area contributed by atoms with Gasteiger partial charge in [0, 0.05) is 9.50 Å². The van der Waals surface area contributed by atoms with E-state index in [0.717, 1.165) is 16.2 Å². The summed E-state index contributed by atoms with van der Waals surface area (Å²) in [5.41, 5.74) is 1.26. The van der Waals surface area contributed by atoms with Crippen molar-refractivity contribution < 1.29 is 9.59 Å². The molecular weight excluding hydrogens is 386 g/mol. The second kappa shape index (κ2) is 6.28. The molecule has 0 unspecified atom stereocenters. The Kier molecular flexibility index (Phi) is 4.38. The lowest BCUT2D eigenvalue weighted by Crippen LogP contribution is -2.27. The van der Waals surface area contributed by atoms with Gasteiger partial charge in [-0.2, -0.15) is 0 Å². The zero-order valence-electron chi connectivity index (χ0n) is 11.1. The number of imide groups is 1. The van der Waals surface area contributed by atoms with Gasteiger partial charge in [0.2, 0.25) is 0 Å². The fourth-order valence-corrected chi connectivity index (χ4v) is 3.30. The molecule has 0 bridgehead atoms. The molecule has 3 rings (SSSR count). The van der Waals surface area contributed by atoms with E-state index in [9.17, 15) is 9.59 Å². The van der Waals surface area contributed by atoms with Crippen molar-refractivity contribution >= 4 is 62.2 Å². The average molecular weight is 395 g/mol. The van der Waals surface area contributed by atoms with Crippen molar-refractivity contribution in [2.24, 2.45) is 0 Å². The molecule has 0 aliphatic carbocycles. The lowest BCUT2D eigenvalue weighted by Gasteiger charge is -2.12. The summed E-state index contributed by atoms with van der Waals surface area (Å²) in [4.78, 5) is 26.1. The van der Waals surface area contributed by atoms with Gasteiger partial charge in [-0.3, -0.25) is 9.59 Å². The molecule has 0 N–H and O–H groups in total. The van der Waals surface area contributed by atoms with E-state index in [1.165, 1.54) is 4.90 Å². The number of thioether (sulfide) groups is 1. The van der Waals surface area contributed by atoms with Crippen LogP contribution in [0, 0.1) is 0 Å². The minimum atomic E-state index is -0.336. The number of carbonyl (C=O) groups excluding carboxylic acids is 2. The maximum absolute atomic E-state index is 12.5. The van der Waals surface area contributed by atoms with Crippen molar-refractivity contribution in [3.8, 4) is 0 Å². The second-order valence-electron chi connectivity index (χ2n) is 4.52. The molecule has 1 fully saturated rings. The van der Waals surface area contributed by atoms with Gasteiger partial charge in [0.25, 0.3) is 11.1 Å². The molecular formula is C16H9BrClNO2S. The number of halogens is 2. The summed E-state index contributed by atoms with van der Waals surface area (Å²) < 4.78 is 0.884. The van der Waals surface area contributed by atoms with Crippen LogP contribution in [0.4, 0.5) is 10.5 Å². The van der Waals surface area contributed by atoms with Gasteiger partial charge in [-0.15, -0.1) is 0 Å². The Hall–Kier alpha value is -1.56. The molecule has 0 aromatic heterocycles. The zero-order chi connectivity index (χ0) is 15.7. The Labute approximate surface area is 145 Å². The molecule has 0 saturated carbocycles. The highest BCUT2D eigenvalue weighted by Gasteiger charge is 2.36. The summed E-state index contributed by atoms with van der Waals surface area (Å²) in [7, 11) is 0. The molecule has 1 saturated heterocycles. The van der Waals surface area contributed by atoms with Crippen molar-refractivity contribution in [1.29, 1.82) is 0 Å². The third-order valence-electron chi connectivity index (χ3n) is 3.07. The molecule has 0 atom stereocenters. The Balaban J connectivity index is 1.95. The predicted molar refractivity (Wildman–Crippen MR) is 94.0 cm³/mol. The summed E-state index contributed by atoms with van der Waals surface area (Å²) in [6.07, 6.45) is 1.64. The topological polar surface area (TPSA) is 37.4 Å². The molecule has 22 heavy (non-hydrogen) atoms. The van der Waals surface area contributed by atoms with Crippen molar-refractivity contribution in [2.45, 2.75) is 0 Å². The van der Waals surface area contributed by atoms with Crippen LogP contribution in [0.5, 0.6) is 0 Å². The number of amides is 2. The molecule has 2 aromatic carbocycles. The Morgan fingerprint density at radius 2 is 1.73 bits per heavy atom. The standard InChI is InChI=1S/C16H9BrClNO2S/c17-11-5-7-12(8-6-11)19-15(20)14(22-16(19)21)9-10-3-1-2-4-13(10)18/h1-9H/b14-9-. The average Bonchev–Trinajstić information content (AvgIpc) is 2.77. The molecule has 0 spiro atoms. The molecule has 110 valence electrons. The highest BCUT2D eigenvalue weighted by molar-refractivity contribution is 9.10. The summed E-state index contributed by atoms with van der Waals surface area (Å²) >= 11 is 10.3. The first-order valence-electron chi connectivity index (χ1n) is 6.34. The highest BCUT2D eigenvalue weighted by Crippen LogP contribution is 2.36. The summed E-state index contributed by atoms with van der Waals surface area (Å²) in [6, 6.07) is 14.2. The number of carbonyl (C=O) groups is 2. The quantitative estimate of drug-likeness (QED) is 0.645. The SMILES string of the molecule is O=C1S/C(=C\c2ccccc2Cl)C(=O)N1c1ccc(Br)cc1. The van der Waals surface area contributed by atoms with E-state index < -0.39 is 0 Å². The Morgan fingerprint density at radius 3 is 2.41 bits per heavy atom. The molecule has 1 aliphatic heterocycles. The summed E-state index contributed by atoms with van der Waals surface area (Å²) in [5.74, 6) is -0.336. The van der Waals surface area contributed by atoms with Crippen LogP contribution >= 0.6 is 39.3 Å². The van der Waals surface area contributed by atoms with Crippen molar-refractivity contribution in [3.05, 3.63) is 68.5 Å². The monoisotopic (exact) mass is 393 g/mol. The van der Waals surface area contributed by atoms with Gasteiger partial charge in [0.1, 0.15) is 0 Å². The highest BCUT2D eigenvalue weighted by atomic mass is 79.9. The fourth-order valence-electron chi connectivity index (χ4n) is 2.01. The number of rotatable bonds is 2. The first kappa shape index (κ1) is 15.3. The van der Waals surface area contributed by atoms with Gasteiger partial charge >= 0.3 is 0 Å². The van der Waals surface area contributed by atoms with Crippen LogP contribution in [-0.4, -0.2) is 11.1 Å². The van der Waals surface area contributed by atoms with Crippen LogP contribution in [0.1, 0.15) is 5.56 Å². The first-order valence-corrected chi connectivity index (χ1v) is 8.33. The lowest BCUT2D eigenvalue weighted by atomic mass is 10.2. The smallest absolute Gasteiger partial charge is 0.268 e. The molecule has 1 aliphatic rings. The number of anilines is 1. The zero-order valence-corrected chi connectivity index (χ0v) is 14.3. The molecule has 3 nitrogen and oxygen atoms in total. The normalized spacial score (nSPS) is 16.6. The van der Waals surface area contributed by atoms with Crippen molar-refractivity contribution in [1.82, 2.24) is 0 Å². The van der Waals surface area contributed by atoms with Crippen molar-refractivity contribution in [2.75, 3.05) is 4.90 Å². The van der Waals surface area contributed by atoms with E-state index in [2.05, 4.69) is 15.9 Å². The summed E-state index contributed by atoms with van der Waals surface area (Å²) in [5, 5.41) is 0.226. The molecule has 1 heterocycles. The van der Waals surface area contributed by atoms with Crippen LogP contribution in [0.15, 0.2) is 57.9 Å². The molecule has 2 aromatic rings. The third-order valence-corrected chi connectivity index (χ3v) is 4.81. The van der Waals surface area contributed by atoms with Gasteiger partial charge in [0.05, 0.1) is 10.6 Å². The number of hydrogen-bond acceptors (Lipinski definition) is 3. The van der Waals surface area contributed by atoms with E-state index in [-0.39, 0.29) is 11.1 Å². The van der Waals surface area contributed by atoms with Gasteiger partial charge in [-0.25, -0.2) is 4.90 Å².